The van der Waals surface area contributed by atoms with E-state index in [4.69, 9.17) is 4.74 Å². The molecule has 0 aromatic heterocycles. The molecule has 0 radical (unpaired) electrons. The fourth-order valence-corrected chi connectivity index (χ4v) is 8.02. The highest BCUT2D eigenvalue weighted by Crippen LogP contribution is 2.66. The molecule has 3 aromatic rings. The molecule has 0 saturated carbocycles. The first-order valence-electron chi connectivity index (χ1n) is 10.4. The Bertz CT molecular complexity index is 835. The second kappa shape index (κ2) is 10.9. The summed E-state index contributed by atoms with van der Waals surface area (Å²) in [5.41, 5.74) is 4.50. The van der Waals surface area contributed by atoms with Crippen LogP contribution in [0.15, 0.2) is 103 Å². The normalized spacial score (nSPS) is 11.1. The summed E-state index contributed by atoms with van der Waals surface area (Å²) in [7, 11) is -1.56. The van der Waals surface area contributed by atoms with Crippen LogP contribution in [0, 0.1) is 0 Å². The Kier molecular flexibility index (Phi) is 7.99. The summed E-state index contributed by atoms with van der Waals surface area (Å²) in [6.45, 7) is 5.84. The van der Waals surface area contributed by atoms with E-state index in [-0.39, 0.29) is 5.97 Å². The van der Waals surface area contributed by atoms with Crippen molar-refractivity contribution in [2.45, 2.75) is 25.4 Å². The minimum atomic E-state index is -1.56. The van der Waals surface area contributed by atoms with Gasteiger partial charge in [0.15, 0.2) is 0 Å². The van der Waals surface area contributed by atoms with E-state index in [2.05, 4.69) is 97.6 Å². The van der Waals surface area contributed by atoms with Gasteiger partial charge >= 0.3 is 5.97 Å². The number of esters is 1. The van der Waals surface area contributed by atoms with Crippen LogP contribution in [0.1, 0.15) is 23.6 Å². The molecule has 0 unspecified atom stereocenters. The smallest absolute Gasteiger partial charge is 0.333 e. The third kappa shape index (κ3) is 6.68. The summed E-state index contributed by atoms with van der Waals surface area (Å²) in [6.07, 6.45) is 3.98. The average Bonchev–Trinajstić information content (AvgIpc) is 2.75. The molecule has 154 valence electrons. The Balaban J connectivity index is 1.92. The van der Waals surface area contributed by atoms with Gasteiger partial charge in [0.1, 0.15) is 6.61 Å². The Labute approximate surface area is 181 Å². The maximum Gasteiger partial charge on any atom is 0.333 e. The van der Waals surface area contributed by atoms with Crippen LogP contribution in [0.3, 0.4) is 0 Å². The predicted octanol–water partition coefficient (Wildman–Crippen LogP) is 6.72. The van der Waals surface area contributed by atoms with Gasteiger partial charge in [-0.15, -0.1) is 0 Å². The minimum absolute atomic E-state index is 0.299. The highest BCUT2D eigenvalue weighted by Gasteiger charge is 2.38. The van der Waals surface area contributed by atoms with Gasteiger partial charge < -0.3 is 4.74 Å². The summed E-state index contributed by atoms with van der Waals surface area (Å²) in [5, 5.41) is 0. The van der Waals surface area contributed by atoms with Crippen molar-refractivity contribution in [3.63, 3.8) is 0 Å². The molecule has 3 aromatic carbocycles. The van der Waals surface area contributed by atoms with Gasteiger partial charge in [0.25, 0.3) is 0 Å². The molecule has 30 heavy (non-hydrogen) atoms. The first kappa shape index (κ1) is 22.0. The van der Waals surface area contributed by atoms with Gasteiger partial charge in [-0.05, 0) is 23.6 Å². The van der Waals surface area contributed by atoms with E-state index in [1.807, 2.05) is 0 Å². The van der Waals surface area contributed by atoms with Crippen molar-refractivity contribution in [3.8, 4) is 0 Å². The van der Waals surface area contributed by atoms with Crippen molar-refractivity contribution in [2.24, 2.45) is 0 Å². The van der Waals surface area contributed by atoms with Gasteiger partial charge in [0.2, 0.25) is 0 Å². The van der Waals surface area contributed by atoms with Crippen molar-refractivity contribution in [1.29, 1.82) is 0 Å². The first-order chi connectivity index (χ1) is 14.6. The highest BCUT2D eigenvalue weighted by atomic mass is 31.2. The molecule has 3 heteroatoms. The van der Waals surface area contributed by atoms with Crippen LogP contribution in [0.25, 0.3) is 0 Å². The third-order valence-corrected chi connectivity index (χ3v) is 9.47. The molecule has 0 bridgehead atoms. The lowest BCUT2D eigenvalue weighted by molar-refractivity contribution is -0.138. The lowest BCUT2D eigenvalue weighted by Crippen LogP contribution is -2.16. The fourth-order valence-electron chi connectivity index (χ4n) is 3.77. The molecule has 0 aliphatic carbocycles. The second-order valence-electron chi connectivity index (χ2n) is 7.91. The Morgan fingerprint density at radius 3 is 1.43 bits per heavy atom. The van der Waals surface area contributed by atoms with Gasteiger partial charge in [0, 0.05) is 12.8 Å². The molecular formula is C27H30O2P+. The molecule has 0 fully saturated rings. The maximum atomic E-state index is 12.0. The van der Waals surface area contributed by atoms with E-state index in [1.165, 1.54) is 16.7 Å². The number of benzene rings is 3. The molecule has 0 saturated heterocycles. The van der Waals surface area contributed by atoms with Crippen LogP contribution in [-0.4, -0.2) is 18.7 Å². The van der Waals surface area contributed by atoms with E-state index >= 15 is 0 Å². The highest BCUT2D eigenvalue weighted by molar-refractivity contribution is 7.73. The molecule has 0 atom stereocenters. The van der Waals surface area contributed by atoms with Crippen molar-refractivity contribution in [1.82, 2.24) is 0 Å². The van der Waals surface area contributed by atoms with Crippen LogP contribution < -0.4 is 0 Å². The molecule has 0 spiro atoms. The van der Waals surface area contributed by atoms with E-state index < -0.39 is 7.26 Å². The summed E-state index contributed by atoms with van der Waals surface area (Å²) in [4.78, 5) is 12.0. The van der Waals surface area contributed by atoms with Crippen LogP contribution >= 0.6 is 7.26 Å². The molecule has 0 N–H and O–H groups in total. The molecule has 0 amide bonds. The zero-order chi connectivity index (χ0) is 21.2. The van der Waals surface area contributed by atoms with E-state index in [0.29, 0.717) is 12.2 Å². The van der Waals surface area contributed by atoms with Crippen molar-refractivity contribution < 1.29 is 9.53 Å². The van der Waals surface area contributed by atoms with E-state index in [9.17, 15) is 4.79 Å². The van der Waals surface area contributed by atoms with Crippen LogP contribution in [-0.2, 0) is 28.0 Å². The molecule has 0 heterocycles. The SMILES string of the molecule is C=C(C)C(=O)OCC[P+](Cc1ccccc1)(Cc1ccccc1)Cc1ccccc1. The van der Waals surface area contributed by atoms with Crippen molar-refractivity contribution >= 4 is 13.2 Å². The van der Waals surface area contributed by atoms with Gasteiger partial charge in [-0.2, -0.15) is 0 Å². The number of carbonyl (C=O) groups is 1. The quantitative estimate of drug-likeness (QED) is 0.208. The van der Waals surface area contributed by atoms with Crippen LogP contribution in [0.5, 0.6) is 0 Å². The van der Waals surface area contributed by atoms with Crippen molar-refractivity contribution in [2.75, 3.05) is 12.8 Å². The Hall–Kier alpha value is -2.70. The average molecular weight is 418 g/mol. The number of hydrogen-bond acceptors (Lipinski definition) is 2. The van der Waals surface area contributed by atoms with Gasteiger partial charge in [0.05, 0.1) is 24.6 Å². The molecule has 2 nitrogen and oxygen atoms in total. The monoisotopic (exact) mass is 417 g/mol. The largest absolute Gasteiger partial charge is 0.458 e. The topological polar surface area (TPSA) is 26.3 Å². The summed E-state index contributed by atoms with van der Waals surface area (Å²) in [5.74, 6) is -0.299. The number of ether oxygens (including phenoxy) is 1. The van der Waals surface area contributed by atoms with Gasteiger partial charge in [-0.25, -0.2) is 4.79 Å². The third-order valence-electron chi connectivity index (χ3n) is 5.23. The first-order valence-corrected chi connectivity index (χ1v) is 12.9. The molecule has 0 aliphatic heterocycles. The second-order valence-corrected chi connectivity index (χ2v) is 12.0. The number of rotatable bonds is 10. The van der Waals surface area contributed by atoms with Crippen LogP contribution in [0.4, 0.5) is 0 Å². The zero-order valence-electron chi connectivity index (χ0n) is 17.7. The van der Waals surface area contributed by atoms with Crippen LogP contribution in [0.2, 0.25) is 0 Å². The van der Waals surface area contributed by atoms with Gasteiger partial charge in [-0.1, -0.05) is 97.6 Å². The van der Waals surface area contributed by atoms with E-state index in [1.54, 1.807) is 6.92 Å². The Morgan fingerprint density at radius 1 is 0.733 bits per heavy atom. The van der Waals surface area contributed by atoms with Crippen molar-refractivity contribution in [3.05, 3.63) is 120 Å². The maximum absolute atomic E-state index is 12.0. The minimum Gasteiger partial charge on any atom is -0.458 e. The molecule has 0 aliphatic rings. The number of carbonyl (C=O) groups excluding carboxylic acids is 1. The Morgan fingerprint density at radius 2 is 1.10 bits per heavy atom. The zero-order valence-corrected chi connectivity index (χ0v) is 18.6. The summed E-state index contributed by atoms with van der Waals surface area (Å²) in [6, 6.07) is 32.1. The summed E-state index contributed by atoms with van der Waals surface area (Å²) >= 11 is 0. The lowest BCUT2D eigenvalue weighted by Gasteiger charge is -2.28. The van der Waals surface area contributed by atoms with Gasteiger partial charge in [-0.3, -0.25) is 0 Å². The van der Waals surface area contributed by atoms with E-state index in [0.717, 1.165) is 24.6 Å². The lowest BCUT2D eigenvalue weighted by atomic mass is 10.2. The molecular weight excluding hydrogens is 387 g/mol. The number of hydrogen-bond donors (Lipinski definition) is 0. The summed E-state index contributed by atoms with van der Waals surface area (Å²) < 4.78 is 5.56. The standard InChI is InChI=1S/C27H30O2P/c1-23(2)27(28)29-18-19-30(20-24-12-6-3-7-13-24,21-25-14-8-4-9-15-25)22-26-16-10-5-11-17-26/h3-17H,1,18-22H2,2H3/q+1. The predicted molar refractivity (Wildman–Crippen MR) is 128 cm³/mol. The fraction of sp³-hybridized carbons (Fsp3) is 0.222. The molecule has 3 rings (SSSR count).